The molecule has 27 heavy (non-hydrogen) atoms. The third-order valence-corrected chi connectivity index (χ3v) is 5.05. The van der Waals surface area contributed by atoms with Crippen molar-refractivity contribution in [2.24, 2.45) is 0 Å². The number of benzene rings is 1. The molecule has 1 aliphatic heterocycles. The van der Waals surface area contributed by atoms with Crippen LogP contribution >= 0.6 is 0 Å². The lowest BCUT2D eigenvalue weighted by atomic mass is 10.0. The Morgan fingerprint density at radius 2 is 2.07 bits per heavy atom. The molecule has 0 unspecified atom stereocenters. The highest BCUT2D eigenvalue weighted by Gasteiger charge is 2.23. The number of pyridine rings is 1. The van der Waals surface area contributed by atoms with Crippen molar-refractivity contribution in [2.75, 3.05) is 25.0 Å². The molecule has 7 nitrogen and oxygen atoms in total. The smallest absolute Gasteiger partial charge is 0.319 e. The molecule has 1 aromatic carbocycles. The Kier molecular flexibility index (Phi) is 5.29. The van der Waals surface area contributed by atoms with Crippen LogP contribution in [0, 0.1) is 0 Å². The van der Waals surface area contributed by atoms with E-state index in [4.69, 9.17) is 0 Å². The molecule has 0 aliphatic carbocycles. The van der Waals surface area contributed by atoms with Gasteiger partial charge in [0.2, 0.25) is 0 Å². The average molecular weight is 364 g/mol. The van der Waals surface area contributed by atoms with E-state index in [1.165, 1.54) is 19.3 Å². The van der Waals surface area contributed by atoms with Crippen LogP contribution in [0.4, 0.5) is 10.5 Å². The van der Waals surface area contributed by atoms with Crippen molar-refractivity contribution >= 4 is 22.6 Å². The molecule has 1 saturated heterocycles. The summed E-state index contributed by atoms with van der Waals surface area (Å²) in [4.78, 5) is 19.1. The molecule has 4 rings (SSSR count). The summed E-state index contributed by atoms with van der Waals surface area (Å²) in [5.74, 6) is 0. The molecule has 3 heterocycles. The summed E-state index contributed by atoms with van der Waals surface area (Å²) in [7, 11) is 0. The number of anilines is 1. The second kappa shape index (κ2) is 8.18. The van der Waals surface area contributed by atoms with E-state index < -0.39 is 0 Å². The van der Waals surface area contributed by atoms with E-state index in [0.717, 1.165) is 35.2 Å². The van der Waals surface area contributed by atoms with Crippen LogP contribution in [0.5, 0.6) is 0 Å². The van der Waals surface area contributed by atoms with Crippen molar-refractivity contribution in [1.29, 1.82) is 0 Å². The zero-order valence-corrected chi connectivity index (χ0v) is 15.2. The fourth-order valence-corrected chi connectivity index (χ4v) is 3.65. The van der Waals surface area contributed by atoms with Gasteiger partial charge >= 0.3 is 6.03 Å². The molecular weight excluding hydrogens is 340 g/mol. The Morgan fingerprint density at radius 3 is 2.89 bits per heavy atom. The maximum Gasteiger partial charge on any atom is 0.319 e. The number of aromatic nitrogens is 3. The van der Waals surface area contributed by atoms with Gasteiger partial charge in [0.25, 0.3) is 0 Å². The molecule has 0 spiro atoms. The number of hydrogen-bond acceptors (Lipinski definition) is 4. The molecule has 7 heteroatoms. The summed E-state index contributed by atoms with van der Waals surface area (Å²) >= 11 is 0. The molecule has 3 aromatic rings. The quantitative estimate of drug-likeness (QED) is 0.648. The van der Waals surface area contributed by atoms with Crippen molar-refractivity contribution in [3.8, 4) is 0 Å². The van der Waals surface area contributed by atoms with E-state index in [1.54, 1.807) is 12.4 Å². The lowest BCUT2D eigenvalue weighted by Crippen LogP contribution is -2.41. The fraction of sp³-hybridized carbons (Fsp3) is 0.350. The van der Waals surface area contributed by atoms with Gasteiger partial charge in [-0.25, -0.2) is 4.79 Å². The Morgan fingerprint density at radius 1 is 1.19 bits per heavy atom. The molecule has 0 bridgehead atoms. The number of amides is 2. The van der Waals surface area contributed by atoms with Gasteiger partial charge in [-0.05, 0) is 55.8 Å². The first-order valence-electron chi connectivity index (χ1n) is 9.41. The first kappa shape index (κ1) is 17.5. The van der Waals surface area contributed by atoms with Gasteiger partial charge in [-0.3, -0.25) is 15.0 Å². The minimum atomic E-state index is -0.205. The van der Waals surface area contributed by atoms with Crippen LogP contribution in [0.1, 0.15) is 30.9 Å². The third-order valence-electron chi connectivity index (χ3n) is 5.05. The van der Waals surface area contributed by atoms with E-state index in [9.17, 15) is 4.79 Å². The Balaban J connectivity index is 1.41. The second-order valence-corrected chi connectivity index (χ2v) is 6.91. The van der Waals surface area contributed by atoms with Crippen molar-refractivity contribution in [3.63, 3.8) is 0 Å². The lowest BCUT2D eigenvalue weighted by Gasteiger charge is -2.34. The molecule has 1 aliphatic rings. The minimum Gasteiger partial charge on any atom is -0.336 e. The van der Waals surface area contributed by atoms with Crippen molar-refractivity contribution in [2.45, 2.75) is 25.3 Å². The summed E-state index contributed by atoms with van der Waals surface area (Å²) < 4.78 is 0. The van der Waals surface area contributed by atoms with Crippen LogP contribution in [0.2, 0.25) is 0 Å². The Labute approximate surface area is 158 Å². The van der Waals surface area contributed by atoms with Crippen LogP contribution in [-0.2, 0) is 0 Å². The molecular formula is C20H24N6O. The van der Waals surface area contributed by atoms with Gasteiger partial charge in [0.15, 0.2) is 0 Å². The van der Waals surface area contributed by atoms with Crippen LogP contribution in [-0.4, -0.2) is 45.7 Å². The van der Waals surface area contributed by atoms with Gasteiger partial charge in [0, 0.05) is 30.0 Å². The maximum absolute atomic E-state index is 12.4. The Hall–Kier alpha value is -2.93. The molecule has 2 amide bonds. The standard InChI is InChI=1S/C20H24N6O/c27-20(24-17-6-7-18-16(11-17)13-23-25-18)22-14-19(15-5-4-8-21-12-15)26-9-2-1-3-10-26/h4-8,11-13,19H,1-3,9-10,14H2,(H,23,25)(H2,22,24,27)/t19-/m0/s1. The fourth-order valence-electron chi connectivity index (χ4n) is 3.65. The summed E-state index contributed by atoms with van der Waals surface area (Å²) in [6.45, 7) is 2.66. The van der Waals surface area contributed by atoms with Gasteiger partial charge < -0.3 is 10.6 Å². The number of piperidine rings is 1. The number of carbonyl (C=O) groups excluding carboxylic acids is 1. The van der Waals surface area contributed by atoms with Crippen molar-refractivity contribution < 1.29 is 4.79 Å². The van der Waals surface area contributed by atoms with Crippen LogP contribution < -0.4 is 10.6 Å². The van der Waals surface area contributed by atoms with Gasteiger partial charge in [-0.1, -0.05) is 12.5 Å². The van der Waals surface area contributed by atoms with Gasteiger partial charge in [0.1, 0.15) is 0 Å². The number of urea groups is 1. The predicted molar refractivity (Wildman–Crippen MR) is 106 cm³/mol. The number of H-pyrrole nitrogens is 1. The number of likely N-dealkylation sites (tertiary alicyclic amines) is 1. The molecule has 0 radical (unpaired) electrons. The number of nitrogens with one attached hydrogen (secondary N) is 3. The molecule has 3 N–H and O–H groups in total. The monoisotopic (exact) mass is 364 g/mol. The topological polar surface area (TPSA) is 85.9 Å². The highest BCUT2D eigenvalue weighted by Crippen LogP contribution is 2.23. The van der Waals surface area contributed by atoms with Crippen molar-refractivity contribution in [1.82, 2.24) is 25.4 Å². The van der Waals surface area contributed by atoms with E-state index >= 15 is 0 Å². The van der Waals surface area contributed by atoms with Gasteiger partial charge in [0.05, 0.1) is 17.8 Å². The number of aromatic amines is 1. The molecule has 1 atom stereocenters. The van der Waals surface area contributed by atoms with E-state index in [0.29, 0.717) is 6.54 Å². The van der Waals surface area contributed by atoms with Crippen LogP contribution in [0.15, 0.2) is 48.9 Å². The molecule has 0 saturated carbocycles. The zero-order chi connectivity index (χ0) is 18.5. The van der Waals surface area contributed by atoms with Crippen LogP contribution in [0.25, 0.3) is 10.9 Å². The number of hydrogen-bond donors (Lipinski definition) is 3. The first-order chi connectivity index (χ1) is 13.3. The largest absolute Gasteiger partial charge is 0.336 e. The van der Waals surface area contributed by atoms with E-state index in [-0.39, 0.29) is 12.1 Å². The second-order valence-electron chi connectivity index (χ2n) is 6.91. The lowest BCUT2D eigenvalue weighted by molar-refractivity contribution is 0.161. The summed E-state index contributed by atoms with van der Waals surface area (Å²) in [5, 5.41) is 13.8. The summed E-state index contributed by atoms with van der Waals surface area (Å²) in [6, 6.07) is 9.64. The number of fused-ring (bicyclic) bond motifs is 1. The van der Waals surface area contributed by atoms with Crippen molar-refractivity contribution in [3.05, 3.63) is 54.5 Å². The van der Waals surface area contributed by atoms with Gasteiger partial charge in [-0.2, -0.15) is 5.10 Å². The zero-order valence-electron chi connectivity index (χ0n) is 15.2. The molecule has 140 valence electrons. The summed E-state index contributed by atoms with van der Waals surface area (Å²) in [6.07, 6.45) is 9.10. The first-order valence-corrected chi connectivity index (χ1v) is 9.41. The SMILES string of the molecule is O=C(NC[C@@H](c1cccnc1)N1CCCCC1)Nc1ccc2[nH]ncc2c1. The Bertz CT molecular complexity index is 888. The minimum absolute atomic E-state index is 0.140. The number of rotatable bonds is 5. The van der Waals surface area contributed by atoms with E-state index in [1.807, 2.05) is 30.5 Å². The number of carbonyl (C=O) groups is 1. The average Bonchev–Trinajstić information content (AvgIpc) is 3.18. The summed E-state index contributed by atoms with van der Waals surface area (Å²) in [5.41, 5.74) is 2.83. The molecule has 1 fully saturated rings. The normalized spacial score (nSPS) is 16.1. The number of nitrogens with zero attached hydrogens (tertiary/aromatic N) is 3. The van der Waals surface area contributed by atoms with Crippen LogP contribution in [0.3, 0.4) is 0 Å². The highest BCUT2D eigenvalue weighted by atomic mass is 16.2. The van der Waals surface area contributed by atoms with E-state index in [2.05, 4.69) is 36.8 Å². The van der Waals surface area contributed by atoms with Gasteiger partial charge in [-0.15, -0.1) is 0 Å². The highest BCUT2D eigenvalue weighted by molar-refractivity contribution is 5.92. The molecule has 2 aromatic heterocycles. The maximum atomic E-state index is 12.4. The predicted octanol–water partition coefficient (Wildman–Crippen LogP) is 3.31. The third kappa shape index (κ3) is 4.25.